The summed E-state index contributed by atoms with van der Waals surface area (Å²) in [5.74, 6) is 1.41. The summed E-state index contributed by atoms with van der Waals surface area (Å²) in [5, 5.41) is 0. The lowest BCUT2D eigenvalue weighted by Gasteiger charge is -2.26. The number of hydrogen-bond donors (Lipinski definition) is 0. The van der Waals surface area contributed by atoms with Crippen molar-refractivity contribution in [2.75, 3.05) is 13.2 Å². The van der Waals surface area contributed by atoms with Gasteiger partial charge in [-0.15, -0.1) is 0 Å². The maximum absolute atomic E-state index is 12.2. The van der Waals surface area contributed by atoms with Crippen LogP contribution < -0.4 is 4.74 Å². The predicted octanol–water partition coefficient (Wildman–Crippen LogP) is 5.15. The second-order valence-corrected chi connectivity index (χ2v) is 8.86. The first-order valence-electron chi connectivity index (χ1n) is 9.29. The molecule has 0 fully saturated rings. The second kappa shape index (κ2) is 7.73. The smallest absolute Gasteiger partial charge is 0.311 e. The van der Waals surface area contributed by atoms with Crippen molar-refractivity contribution in [2.24, 2.45) is 5.41 Å². The molecule has 1 aromatic carbocycles. The van der Waals surface area contributed by atoms with Crippen LogP contribution in [0.15, 0.2) is 24.0 Å². The largest absolute Gasteiger partial charge is 0.493 e. The maximum atomic E-state index is 12.2. The monoisotopic (exact) mass is 360 g/mol. The van der Waals surface area contributed by atoms with Crippen LogP contribution in [0.2, 0.25) is 0 Å². The van der Waals surface area contributed by atoms with Crippen LogP contribution in [0.1, 0.15) is 66.0 Å². The molecule has 0 atom stereocenters. The molecule has 0 amide bonds. The quantitative estimate of drug-likeness (QED) is 0.550. The Bertz CT molecular complexity index is 687. The minimum atomic E-state index is -0.538. The lowest BCUT2D eigenvalue weighted by atomic mass is 9.97. The van der Waals surface area contributed by atoms with Gasteiger partial charge in [-0.3, -0.25) is 4.79 Å². The molecular weight excluding hydrogens is 328 g/mol. The van der Waals surface area contributed by atoms with Crippen molar-refractivity contribution >= 4 is 11.5 Å². The van der Waals surface area contributed by atoms with Gasteiger partial charge in [-0.05, 0) is 90.1 Å². The van der Waals surface area contributed by atoms with E-state index in [4.69, 9.17) is 14.2 Å². The van der Waals surface area contributed by atoms with Gasteiger partial charge in [0.1, 0.15) is 23.7 Å². The van der Waals surface area contributed by atoms with E-state index >= 15 is 0 Å². The molecule has 0 aliphatic carbocycles. The number of carbonyl (C=O) groups excluding carboxylic acids is 1. The van der Waals surface area contributed by atoms with Crippen molar-refractivity contribution in [1.29, 1.82) is 0 Å². The number of rotatable bonds is 4. The zero-order chi connectivity index (χ0) is 19.5. The van der Waals surface area contributed by atoms with Crippen molar-refractivity contribution in [1.82, 2.24) is 0 Å². The second-order valence-electron chi connectivity index (χ2n) is 8.86. The first kappa shape index (κ1) is 20.3. The third-order valence-corrected chi connectivity index (χ3v) is 4.14. The number of ether oxygens (including phenoxy) is 3. The van der Waals surface area contributed by atoms with Crippen molar-refractivity contribution in [2.45, 2.75) is 66.9 Å². The summed E-state index contributed by atoms with van der Waals surface area (Å²) >= 11 is 0. The first-order valence-corrected chi connectivity index (χ1v) is 9.29. The molecule has 4 heteroatoms. The van der Waals surface area contributed by atoms with E-state index in [1.54, 1.807) is 0 Å². The van der Waals surface area contributed by atoms with Gasteiger partial charge in [0.2, 0.25) is 0 Å². The van der Waals surface area contributed by atoms with Crippen molar-refractivity contribution in [3.8, 4) is 5.75 Å². The first-order chi connectivity index (χ1) is 12.0. The number of hydrogen-bond acceptors (Lipinski definition) is 4. The maximum Gasteiger partial charge on any atom is 0.311 e. The molecule has 0 unspecified atom stereocenters. The number of allylic oxidation sites excluding steroid dienone is 1. The Morgan fingerprint density at radius 1 is 1.15 bits per heavy atom. The predicted molar refractivity (Wildman–Crippen MR) is 104 cm³/mol. The third kappa shape index (κ3) is 5.52. The van der Waals surface area contributed by atoms with Gasteiger partial charge in [-0.1, -0.05) is 6.07 Å². The summed E-state index contributed by atoms with van der Waals surface area (Å²) in [6, 6.07) is 6.21. The Morgan fingerprint density at radius 2 is 1.85 bits per heavy atom. The lowest BCUT2D eigenvalue weighted by Crippen LogP contribution is -2.26. The Kier molecular flexibility index (Phi) is 6.05. The number of carbonyl (C=O) groups is 1. The van der Waals surface area contributed by atoms with Gasteiger partial charge in [0, 0.05) is 0 Å². The van der Waals surface area contributed by atoms with Crippen LogP contribution in [0, 0.1) is 5.41 Å². The average molecular weight is 360 g/mol. The molecule has 26 heavy (non-hydrogen) atoms. The molecule has 1 aliphatic rings. The molecule has 0 aromatic heterocycles. The Labute approximate surface area is 157 Å². The number of benzene rings is 1. The van der Waals surface area contributed by atoms with E-state index in [1.807, 2.05) is 60.6 Å². The van der Waals surface area contributed by atoms with E-state index in [-0.39, 0.29) is 18.2 Å². The molecule has 0 radical (unpaired) electrons. The van der Waals surface area contributed by atoms with E-state index in [1.165, 1.54) is 5.56 Å². The highest BCUT2D eigenvalue weighted by Gasteiger charge is 2.25. The summed E-state index contributed by atoms with van der Waals surface area (Å²) in [6.45, 7) is 14.4. The van der Waals surface area contributed by atoms with E-state index < -0.39 is 5.41 Å². The molecule has 0 N–H and O–H groups in total. The highest BCUT2D eigenvalue weighted by Crippen LogP contribution is 2.31. The van der Waals surface area contributed by atoms with Gasteiger partial charge in [0.25, 0.3) is 0 Å². The molecule has 0 spiro atoms. The molecule has 1 aliphatic heterocycles. The van der Waals surface area contributed by atoms with Gasteiger partial charge in [-0.25, -0.2) is 0 Å². The fourth-order valence-electron chi connectivity index (χ4n) is 2.69. The highest BCUT2D eigenvalue weighted by molar-refractivity contribution is 5.76. The summed E-state index contributed by atoms with van der Waals surface area (Å²) in [7, 11) is 0. The Morgan fingerprint density at radius 3 is 2.46 bits per heavy atom. The van der Waals surface area contributed by atoms with Crippen molar-refractivity contribution in [3.63, 3.8) is 0 Å². The lowest BCUT2D eigenvalue weighted by molar-refractivity contribution is -0.153. The van der Waals surface area contributed by atoms with Crippen LogP contribution in [0.25, 0.3) is 5.57 Å². The molecule has 1 heterocycles. The number of esters is 1. The third-order valence-electron chi connectivity index (χ3n) is 4.14. The number of fused-ring (bicyclic) bond motifs is 1. The van der Waals surface area contributed by atoms with E-state index in [9.17, 15) is 4.79 Å². The fraction of sp³-hybridized carbons (Fsp3) is 0.591. The SMILES string of the molecule is C/C(=C(/COC(=O)C(C)(C)C)OC(C)(C)C)c1ccc2c(c1)CCCO2. The average Bonchev–Trinajstić information content (AvgIpc) is 2.55. The topological polar surface area (TPSA) is 44.8 Å². The van der Waals surface area contributed by atoms with Crippen LogP contribution in [-0.4, -0.2) is 24.8 Å². The van der Waals surface area contributed by atoms with E-state index in [2.05, 4.69) is 6.07 Å². The molecule has 0 saturated carbocycles. The van der Waals surface area contributed by atoms with Crippen molar-refractivity contribution < 1.29 is 19.0 Å². The van der Waals surface area contributed by atoms with Crippen molar-refractivity contribution in [3.05, 3.63) is 35.1 Å². The van der Waals surface area contributed by atoms with Gasteiger partial charge in [-0.2, -0.15) is 0 Å². The van der Waals surface area contributed by atoms with Crippen LogP contribution in [0.5, 0.6) is 5.75 Å². The fourth-order valence-corrected chi connectivity index (χ4v) is 2.69. The molecule has 2 rings (SSSR count). The van der Waals surface area contributed by atoms with Gasteiger partial charge in [0.15, 0.2) is 0 Å². The summed E-state index contributed by atoms with van der Waals surface area (Å²) in [6.07, 6.45) is 2.05. The minimum absolute atomic E-state index is 0.132. The normalized spacial score (nSPS) is 15.5. The summed E-state index contributed by atoms with van der Waals surface area (Å²) < 4.78 is 17.4. The Hall–Kier alpha value is -1.97. The van der Waals surface area contributed by atoms with Crippen LogP contribution in [0.4, 0.5) is 0 Å². The highest BCUT2D eigenvalue weighted by atomic mass is 16.6. The molecule has 0 bridgehead atoms. The molecular formula is C22H32O4. The summed E-state index contributed by atoms with van der Waals surface area (Å²) in [5.41, 5.74) is 2.36. The zero-order valence-electron chi connectivity index (χ0n) is 17.2. The van der Waals surface area contributed by atoms with Gasteiger partial charge in [0.05, 0.1) is 12.0 Å². The van der Waals surface area contributed by atoms with E-state index in [0.717, 1.165) is 36.3 Å². The number of aryl methyl sites for hydroxylation is 1. The zero-order valence-corrected chi connectivity index (χ0v) is 17.2. The minimum Gasteiger partial charge on any atom is -0.493 e. The Balaban J connectivity index is 2.30. The van der Waals surface area contributed by atoms with Crippen LogP contribution in [0.3, 0.4) is 0 Å². The molecule has 1 aromatic rings. The van der Waals surface area contributed by atoms with Gasteiger partial charge >= 0.3 is 5.97 Å². The van der Waals surface area contributed by atoms with E-state index in [0.29, 0.717) is 5.76 Å². The van der Waals surface area contributed by atoms with Gasteiger partial charge < -0.3 is 14.2 Å². The molecule has 4 nitrogen and oxygen atoms in total. The van der Waals surface area contributed by atoms with Crippen LogP contribution in [-0.2, 0) is 20.7 Å². The molecule has 144 valence electrons. The standard InChI is InChI=1S/C22H32O4/c1-15(16-10-11-18-17(13-16)9-8-12-24-18)19(26-22(5,6)7)14-25-20(23)21(2,3)4/h10-11,13H,8-9,12,14H2,1-7H3/b19-15+. The van der Waals surface area contributed by atoms with Crippen LogP contribution >= 0.6 is 0 Å². The molecule has 0 saturated heterocycles. The summed E-state index contributed by atoms with van der Waals surface area (Å²) in [4.78, 5) is 12.2.